The first-order valence-corrected chi connectivity index (χ1v) is 25.2. The van der Waals surface area contributed by atoms with Crippen LogP contribution in [0.25, 0.3) is 0 Å². The second-order valence-corrected chi connectivity index (χ2v) is 21.5. The highest BCUT2D eigenvalue weighted by molar-refractivity contribution is 5.95. The maximum atomic E-state index is 13.0. The van der Waals surface area contributed by atoms with Gasteiger partial charge in [0.2, 0.25) is 17.7 Å². The molecule has 0 spiro atoms. The molecule has 2 heterocycles. The van der Waals surface area contributed by atoms with Crippen LogP contribution in [0.2, 0.25) is 0 Å². The zero-order valence-corrected chi connectivity index (χ0v) is 45.1. The summed E-state index contributed by atoms with van der Waals surface area (Å²) in [7, 11) is 1.20. The maximum absolute atomic E-state index is 13.0. The molecule has 2 aromatic carbocycles. The van der Waals surface area contributed by atoms with Gasteiger partial charge in [0.25, 0.3) is 11.8 Å². The Morgan fingerprint density at radius 2 is 0.972 bits per heavy atom. The van der Waals surface area contributed by atoms with Crippen LogP contribution in [-0.2, 0) is 33.6 Å². The summed E-state index contributed by atoms with van der Waals surface area (Å²) in [6, 6.07) is 12.9. The number of halogens is 1. The molecule has 4 rings (SSSR count). The van der Waals surface area contributed by atoms with Gasteiger partial charge in [-0.2, -0.15) is 10.1 Å². The van der Waals surface area contributed by atoms with E-state index >= 15 is 0 Å². The number of hydrogen-bond donors (Lipinski definition) is 6. The van der Waals surface area contributed by atoms with Crippen LogP contribution in [0.5, 0.6) is 0 Å². The van der Waals surface area contributed by atoms with E-state index in [4.69, 9.17) is 15.4 Å². The minimum Gasteiger partial charge on any atom is -0.468 e. The lowest BCUT2D eigenvalue weighted by Crippen LogP contribution is -2.58. The molecule has 2 aliphatic heterocycles. The number of ether oxygens (including phenoxy) is 1. The van der Waals surface area contributed by atoms with Crippen molar-refractivity contribution >= 4 is 47.9 Å². The molecule has 398 valence electrons. The van der Waals surface area contributed by atoms with Crippen molar-refractivity contribution in [1.82, 2.24) is 36.7 Å². The summed E-state index contributed by atoms with van der Waals surface area (Å²) in [6.45, 7) is 21.6. The van der Waals surface area contributed by atoms with E-state index in [1.54, 1.807) is 24.3 Å². The van der Waals surface area contributed by atoms with Crippen LogP contribution in [0.4, 0.5) is 0 Å². The van der Waals surface area contributed by atoms with Crippen LogP contribution in [0.3, 0.4) is 0 Å². The summed E-state index contributed by atoms with van der Waals surface area (Å²) in [4.78, 5) is 89.3. The van der Waals surface area contributed by atoms with Gasteiger partial charge in [-0.1, -0.05) is 24.3 Å². The van der Waals surface area contributed by atoms with E-state index in [0.29, 0.717) is 56.3 Å². The van der Waals surface area contributed by atoms with Gasteiger partial charge in [0, 0.05) is 46.4 Å². The Morgan fingerprint density at radius 3 is 1.38 bits per heavy atom. The topological polar surface area (TPSA) is 223 Å². The molecule has 2 unspecified atom stereocenters. The SMILES string of the molecule is COC(=O)CNC(=O)[C@H](CCCCNC(=O)c1ccc(C(C)ON2C(C)(C)CCCC2(C)C)cc1)NC(=O)CNC(=O)[C@@H](N)CCCCNC(=O)c1ccc(C(C)ON2C(C)(C)CCCC2(C)C)cc1.Cl. The van der Waals surface area contributed by atoms with Crippen molar-refractivity contribution in [1.29, 1.82) is 0 Å². The lowest BCUT2D eigenvalue weighted by Gasteiger charge is -2.52. The van der Waals surface area contributed by atoms with Gasteiger partial charge in [0.1, 0.15) is 24.8 Å². The zero-order chi connectivity index (χ0) is 51.9. The predicted octanol–water partition coefficient (Wildman–Crippen LogP) is 6.90. The Kier molecular flexibility index (Phi) is 23.4. The largest absolute Gasteiger partial charge is 0.468 e. The van der Waals surface area contributed by atoms with Crippen LogP contribution in [0, 0.1) is 0 Å². The Morgan fingerprint density at radius 1 is 0.577 bits per heavy atom. The summed E-state index contributed by atoms with van der Waals surface area (Å²) < 4.78 is 4.62. The van der Waals surface area contributed by atoms with E-state index in [1.807, 2.05) is 38.1 Å². The van der Waals surface area contributed by atoms with Crippen LogP contribution >= 0.6 is 12.4 Å². The highest BCUT2D eigenvalue weighted by Gasteiger charge is 2.44. The number of nitrogens with one attached hydrogen (secondary N) is 5. The molecule has 2 aromatic rings. The quantitative estimate of drug-likeness (QED) is 0.0442. The summed E-state index contributed by atoms with van der Waals surface area (Å²) in [5.41, 5.74) is 8.74. The van der Waals surface area contributed by atoms with Crippen molar-refractivity contribution in [3.63, 3.8) is 0 Å². The summed E-state index contributed by atoms with van der Waals surface area (Å²) in [5.74, 6) is -2.85. The molecule has 0 aromatic heterocycles. The van der Waals surface area contributed by atoms with Crippen LogP contribution in [0.15, 0.2) is 48.5 Å². The van der Waals surface area contributed by atoms with Crippen LogP contribution in [-0.4, -0.2) is 113 Å². The zero-order valence-electron chi connectivity index (χ0n) is 44.3. The van der Waals surface area contributed by atoms with Crippen LogP contribution < -0.4 is 32.3 Å². The van der Waals surface area contributed by atoms with Crippen molar-refractivity contribution in [2.75, 3.05) is 33.3 Å². The first-order valence-electron chi connectivity index (χ1n) is 25.2. The number of amides is 5. The van der Waals surface area contributed by atoms with Gasteiger partial charge in [0.15, 0.2) is 0 Å². The number of unbranched alkanes of at least 4 members (excludes halogenated alkanes) is 2. The molecule has 0 aliphatic carbocycles. The number of hydroxylamine groups is 4. The molecule has 2 saturated heterocycles. The Bertz CT molecular complexity index is 2030. The Labute approximate surface area is 428 Å². The Balaban J connectivity index is 0.0000133. The number of hydrogen-bond acceptors (Lipinski definition) is 12. The molecule has 2 aliphatic rings. The fourth-order valence-corrected chi connectivity index (χ4v) is 9.64. The summed E-state index contributed by atoms with van der Waals surface area (Å²) in [6.07, 6.45) is 8.76. The number of methoxy groups -OCH3 is 1. The maximum Gasteiger partial charge on any atom is 0.325 e. The number of nitrogens with two attached hydrogens (primary N) is 1. The number of carbonyl (C=O) groups excluding carboxylic acids is 6. The molecule has 7 N–H and O–H groups in total. The van der Waals surface area contributed by atoms with E-state index in [0.717, 1.165) is 49.7 Å². The van der Waals surface area contributed by atoms with Crippen molar-refractivity contribution in [3.8, 4) is 0 Å². The average molecular weight is 1010 g/mol. The molecule has 4 atom stereocenters. The molecule has 17 nitrogen and oxygen atoms in total. The van der Waals surface area contributed by atoms with E-state index < -0.39 is 42.3 Å². The van der Waals surface area contributed by atoms with Crippen molar-refractivity contribution < 1.29 is 43.2 Å². The van der Waals surface area contributed by atoms with Gasteiger partial charge in [-0.3, -0.25) is 38.4 Å². The van der Waals surface area contributed by atoms with Crippen molar-refractivity contribution in [3.05, 3.63) is 70.8 Å². The van der Waals surface area contributed by atoms with E-state index in [-0.39, 0.29) is 71.6 Å². The minimum absolute atomic E-state index is 0. The van der Waals surface area contributed by atoms with Gasteiger partial charge in [0.05, 0.1) is 19.7 Å². The highest BCUT2D eigenvalue weighted by atomic mass is 35.5. The Hall–Kier alpha value is -4.65. The number of piperidine rings is 2. The third-order valence-corrected chi connectivity index (χ3v) is 13.6. The third kappa shape index (κ3) is 18.4. The van der Waals surface area contributed by atoms with E-state index in [1.165, 1.54) is 7.11 Å². The van der Waals surface area contributed by atoms with Gasteiger partial charge in [-0.15, -0.1) is 12.4 Å². The monoisotopic (exact) mass is 1010 g/mol. The standard InChI is InChI=1S/C53H84N8O9.ClH/c1-36(69-60-50(3,4)28-16-29-51(60,5)6)38-20-24-40(25-21-38)46(64)55-32-14-12-18-42(54)48(66)57-34-44(62)59-43(49(67)58-35-45(63)68-11)19-13-15-33-56-47(65)41-26-22-39(23-27-41)37(2)70-61-52(7,8)30-17-31-53(61,9)10;/h20-27,36-37,42-43H,12-19,28-35,54H2,1-11H3,(H,55,64)(H,56,65)(H,57,66)(H,58,67)(H,59,62);1H/t36?,37?,42-,43-;/m0./s1. The molecular weight excluding hydrogens is 928 g/mol. The lowest BCUT2D eigenvalue weighted by atomic mass is 9.82. The number of nitrogens with zero attached hydrogens (tertiary/aromatic N) is 2. The summed E-state index contributed by atoms with van der Waals surface area (Å²) in [5, 5.41) is 17.7. The number of esters is 1. The molecule has 5 amide bonds. The van der Waals surface area contributed by atoms with Crippen molar-refractivity contribution in [2.24, 2.45) is 5.73 Å². The fraction of sp³-hybridized carbons (Fsp3) is 0.660. The average Bonchev–Trinajstić information content (AvgIpc) is 3.30. The number of benzene rings is 2. The molecule has 18 heteroatoms. The molecule has 2 fully saturated rings. The van der Waals surface area contributed by atoms with E-state index in [2.05, 4.69) is 96.8 Å². The highest BCUT2D eigenvalue weighted by Crippen LogP contribution is 2.42. The smallest absolute Gasteiger partial charge is 0.325 e. The minimum atomic E-state index is -1.02. The third-order valence-electron chi connectivity index (χ3n) is 13.6. The van der Waals surface area contributed by atoms with Gasteiger partial charge in [-0.05, 0) is 182 Å². The van der Waals surface area contributed by atoms with Gasteiger partial charge < -0.3 is 37.1 Å². The number of carbonyl (C=O) groups is 6. The molecular formula is C53H85ClN8O9. The second kappa shape index (κ2) is 27.4. The van der Waals surface area contributed by atoms with Gasteiger partial charge >= 0.3 is 5.97 Å². The normalized spacial score (nSPS) is 18.8. The number of rotatable bonds is 25. The first-order chi connectivity index (χ1) is 32.9. The molecule has 0 bridgehead atoms. The lowest BCUT2D eigenvalue weighted by molar-refractivity contribution is -0.304. The van der Waals surface area contributed by atoms with Crippen molar-refractivity contribution in [2.45, 2.75) is 193 Å². The molecule has 0 saturated carbocycles. The summed E-state index contributed by atoms with van der Waals surface area (Å²) >= 11 is 0. The van der Waals surface area contributed by atoms with E-state index in [9.17, 15) is 28.8 Å². The molecule has 71 heavy (non-hydrogen) atoms. The van der Waals surface area contributed by atoms with Gasteiger partial charge in [-0.25, -0.2) is 0 Å². The first kappa shape index (κ1) is 60.7. The predicted molar refractivity (Wildman–Crippen MR) is 277 cm³/mol. The second-order valence-electron chi connectivity index (χ2n) is 21.5. The van der Waals surface area contributed by atoms with Crippen LogP contribution in [0.1, 0.15) is 190 Å². The molecule has 0 radical (unpaired) electrons. The fourth-order valence-electron chi connectivity index (χ4n) is 9.64.